The van der Waals surface area contributed by atoms with Gasteiger partial charge in [-0.1, -0.05) is 0 Å². The van der Waals surface area contributed by atoms with E-state index < -0.39 is 24.9 Å². The zero-order valence-corrected chi connectivity index (χ0v) is 5.68. The highest BCUT2D eigenvalue weighted by molar-refractivity contribution is 5.68. The van der Waals surface area contributed by atoms with Gasteiger partial charge in [0.15, 0.2) is 6.10 Å². The highest BCUT2D eigenvalue weighted by atomic mass is 19.4. The normalized spacial score (nSPS) is 14.5. The van der Waals surface area contributed by atoms with Gasteiger partial charge >= 0.3 is 12.1 Å². The molecule has 11 heavy (non-hydrogen) atoms. The van der Waals surface area contributed by atoms with E-state index in [1.807, 2.05) is 0 Å². The van der Waals surface area contributed by atoms with Gasteiger partial charge < -0.3 is 9.84 Å². The van der Waals surface area contributed by atoms with Crippen LogP contribution in [-0.2, 0) is 9.53 Å². The van der Waals surface area contributed by atoms with Crippen molar-refractivity contribution in [1.29, 1.82) is 0 Å². The number of carbonyl (C=O) groups is 1. The second-order valence-electron chi connectivity index (χ2n) is 1.89. The van der Waals surface area contributed by atoms with Crippen LogP contribution in [0.1, 0.15) is 6.92 Å². The Morgan fingerprint density at radius 1 is 1.64 bits per heavy atom. The minimum atomic E-state index is -4.49. The zero-order chi connectivity index (χ0) is 9.07. The molecule has 0 aliphatic heterocycles. The summed E-state index contributed by atoms with van der Waals surface area (Å²) in [6.07, 6.45) is -6.52. The van der Waals surface area contributed by atoms with E-state index in [0.29, 0.717) is 0 Å². The van der Waals surface area contributed by atoms with Gasteiger partial charge in [-0.15, -0.1) is 0 Å². The fraction of sp³-hybridized carbons (Fsp3) is 0.800. The molecule has 0 heterocycles. The van der Waals surface area contributed by atoms with Crippen molar-refractivity contribution in [2.45, 2.75) is 19.2 Å². The van der Waals surface area contributed by atoms with Gasteiger partial charge in [0, 0.05) is 0 Å². The number of hydrogen-bond donors (Lipinski definition) is 1. The lowest BCUT2D eigenvalue weighted by Gasteiger charge is -2.14. The summed E-state index contributed by atoms with van der Waals surface area (Å²) in [5.41, 5.74) is 0. The molecule has 0 saturated heterocycles. The molecule has 0 rings (SSSR count). The summed E-state index contributed by atoms with van der Waals surface area (Å²) in [6.45, 7) is -0.177. The van der Waals surface area contributed by atoms with E-state index in [9.17, 15) is 18.0 Å². The zero-order valence-electron chi connectivity index (χ0n) is 5.68. The SMILES string of the molecule is C[C@H](OCC(=O)O)C(F)(F)F. The molecule has 6 heteroatoms. The average Bonchev–Trinajstić information content (AvgIpc) is 1.80. The third kappa shape index (κ3) is 4.60. The molecule has 1 atom stereocenters. The Morgan fingerprint density at radius 3 is 2.36 bits per heavy atom. The smallest absolute Gasteiger partial charge is 0.414 e. The third-order valence-electron chi connectivity index (χ3n) is 0.918. The highest BCUT2D eigenvalue weighted by Gasteiger charge is 2.37. The maximum atomic E-state index is 11.6. The molecule has 0 bridgehead atoms. The molecule has 0 spiro atoms. The summed E-state index contributed by atoms with van der Waals surface area (Å²) in [4.78, 5) is 9.74. The Kier molecular flexibility index (Phi) is 3.31. The van der Waals surface area contributed by atoms with Crippen LogP contribution in [-0.4, -0.2) is 30.0 Å². The summed E-state index contributed by atoms with van der Waals surface area (Å²) < 4.78 is 38.7. The van der Waals surface area contributed by atoms with Gasteiger partial charge in [0.2, 0.25) is 0 Å². The molecule has 0 saturated carbocycles. The molecule has 0 aromatic carbocycles. The van der Waals surface area contributed by atoms with Gasteiger partial charge in [0.1, 0.15) is 6.61 Å². The van der Waals surface area contributed by atoms with E-state index >= 15 is 0 Å². The molecular weight excluding hydrogens is 165 g/mol. The van der Waals surface area contributed by atoms with Crippen LogP contribution in [0.5, 0.6) is 0 Å². The van der Waals surface area contributed by atoms with Gasteiger partial charge in [0.05, 0.1) is 0 Å². The van der Waals surface area contributed by atoms with E-state index in [2.05, 4.69) is 4.74 Å². The number of carboxylic acids is 1. The molecule has 0 unspecified atom stereocenters. The van der Waals surface area contributed by atoms with E-state index in [4.69, 9.17) is 5.11 Å². The first-order chi connectivity index (χ1) is 4.84. The summed E-state index contributed by atoms with van der Waals surface area (Å²) in [7, 11) is 0. The number of rotatable bonds is 3. The van der Waals surface area contributed by atoms with Gasteiger partial charge in [0.25, 0.3) is 0 Å². The number of ether oxygens (including phenoxy) is 1. The Balaban J connectivity index is 3.70. The first kappa shape index (κ1) is 10.2. The molecule has 0 radical (unpaired) electrons. The molecular formula is C5H7F3O3. The number of carboxylic acid groups (broad SMARTS) is 1. The highest BCUT2D eigenvalue weighted by Crippen LogP contribution is 2.21. The van der Waals surface area contributed by atoms with Gasteiger partial charge in [-0.3, -0.25) is 0 Å². The monoisotopic (exact) mass is 172 g/mol. The fourth-order valence-corrected chi connectivity index (χ4v) is 0.291. The maximum Gasteiger partial charge on any atom is 0.414 e. The molecule has 66 valence electrons. The van der Waals surface area contributed by atoms with Gasteiger partial charge in [-0.25, -0.2) is 4.79 Å². The van der Waals surface area contributed by atoms with Crippen LogP contribution in [0.15, 0.2) is 0 Å². The first-order valence-corrected chi connectivity index (χ1v) is 2.74. The topological polar surface area (TPSA) is 46.5 Å². The summed E-state index contributed by atoms with van der Waals surface area (Å²) >= 11 is 0. The molecule has 0 aliphatic rings. The number of hydrogen-bond acceptors (Lipinski definition) is 2. The second kappa shape index (κ2) is 3.56. The van der Waals surface area contributed by atoms with E-state index in [1.165, 1.54) is 0 Å². The number of aliphatic carboxylic acids is 1. The summed E-state index contributed by atoms with van der Waals surface area (Å²) in [5, 5.41) is 7.94. The van der Waals surface area contributed by atoms with E-state index in [1.54, 1.807) is 0 Å². The number of alkyl halides is 3. The van der Waals surface area contributed by atoms with Crippen molar-refractivity contribution in [2.24, 2.45) is 0 Å². The standard InChI is InChI=1S/C5H7F3O3/c1-3(5(6,7)8)11-2-4(9)10/h3H,2H2,1H3,(H,9,10)/t3-/m0/s1. The predicted molar refractivity (Wildman–Crippen MR) is 29.1 cm³/mol. The average molecular weight is 172 g/mol. The Labute approximate surface area is 60.8 Å². The van der Waals surface area contributed by atoms with Crippen molar-refractivity contribution in [3.8, 4) is 0 Å². The van der Waals surface area contributed by atoms with Gasteiger partial charge in [-0.05, 0) is 6.92 Å². The largest absolute Gasteiger partial charge is 0.480 e. The summed E-state index contributed by atoms with van der Waals surface area (Å²) in [5.74, 6) is -1.42. The molecule has 0 aromatic heterocycles. The van der Waals surface area contributed by atoms with Crippen molar-refractivity contribution < 1.29 is 27.8 Å². The Bertz CT molecular complexity index is 142. The fourth-order valence-electron chi connectivity index (χ4n) is 0.291. The molecule has 0 amide bonds. The van der Waals surface area contributed by atoms with Crippen LogP contribution in [0, 0.1) is 0 Å². The predicted octanol–water partition coefficient (Wildman–Crippen LogP) is 1.04. The molecule has 0 aliphatic carbocycles. The first-order valence-electron chi connectivity index (χ1n) is 2.74. The third-order valence-corrected chi connectivity index (χ3v) is 0.918. The molecule has 3 nitrogen and oxygen atoms in total. The van der Waals surface area contributed by atoms with Gasteiger partial charge in [-0.2, -0.15) is 13.2 Å². The van der Waals surface area contributed by atoms with Crippen LogP contribution in [0.4, 0.5) is 13.2 Å². The minimum absolute atomic E-state index is 0.753. The molecule has 0 aromatic rings. The van der Waals surface area contributed by atoms with Crippen molar-refractivity contribution >= 4 is 5.97 Å². The van der Waals surface area contributed by atoms with Crippen LogP contribution < -0.4 is 0 Å². The van der Waals surface area contributed by atoms with Crippen LogP contribution >= 0.6 is 0 Å². The van der Waals surface area contributed by atoms with E-state index in [0.717, 1.165) is 6.92 Å². The molecule has 0 fully saturated rings. The van der Waals surface area contributed by atoms with Crippen LogP contribution in [0.2, 0.25) is 0 Å². The van der Waals surface area contributed by atoms with Crippen molar-refractivity contribution in [2.75, 3.05) is 6.61 Å². The lowest BCUT2D eigenvalue weighted by molar-refractivity contribution is -0.215. The Morgan fingerprint density at radius 2 is 2.09 bits per heavy atom. The van der Waals surface area contributed by atoms with Crippen LogP contribution in [0.25, 0.3) is 0 Å². The molecule has 1 N–H and O–H groups in total. The minimum Gasteiger partial charge on any atom is -0.480 e. The maximum absolute atomic E-state index is 11.6. The van der Waals surface area contributed by atoms with Crippen molar-refractivity contribution in [3.05, 3.63) is 0 Å². The van der Waals surface area contributed by atoms with Crippen molar-refractivity contribution in [3.63, 3.8) is 0 Å². The number of halogens is 3. The second-order valence-corrected chi connectivity index (χ2v) is 1.89. The van der Waals surface area contributed by atoms with Crippen LogP contribution in [0.3, 0.4) is 0 Å². The lowest BCUT2D eigenvalue weighted by Crippen LogP contribution is -2.30. The Hall–Kier alpha value is -0.780. The summed E-state index contributed by atoms with van der Waals surface area (Å²) in [6, 6.07) is 0. The van der Waals surface area contributed by atoms with Crippen molar-refractivity contribution in [1.82, 2.24) is 0 Å². The van der Waals surface area contributed by atoms with E-state index in [-0.39, 0.29) is 0 Å². The lowest BCUT2D eigenvalue weighted by atomic mass is 10.4. The quantitative estimate of drug-likeness (QED) is 0.691.